The fraction of sp³-hybridized carbons (Fsp3) is 0.938. The van der Waals surface area contributed by atoms with Gasteiger partial charge in [-0.1, -0.05) is 6.92 Å². The molecule has 0 saturated carbocycles. The minimum Gasteiger partial charge on any atom is -0.379 e. The van der Waals surface area contributed by atoms with E-state index in [0.29, 0.717) is 35.6 Å². The maximum Gasteiger partial charge on any atom is 0.511 e. The quantitative estimate of drug-likeness (QED) is 0.471. The van der Waals surface area contributed by atoms with Gasteiger partial charge < -0.3 is 15.4 Å². The van der Waals surface area contributed by atoms with Crippen molar-refractivity contribution in [2.75, 3.05) is 59.5 Å². The number of morpholine rings is 1. The third kappa shape index (κ3) is 6.46. The SMILES string of the molecule is CN=C(NCC(C)CN1CCOCC1)NC1CCN(S(=O)(=O)C(F)(F)F)CC1. The van der Waals surface area contributed by atoms with Crippen LogP contribution in [0.15, 0.2) is 4.99 Å². The fourth-order valence-electron chi connectivity index (χ4n) is 3.33. The molecule has 0 aromatic rings. The number of ether oxygens (including phenoxy) is 1. The maximum atomic E-state index is 12.6. The van der Waals surface area contributed by atoms with Crippen LogP contribution in [0.1, 0.15) is 19.8 Å². The van der Waals surface area contributed by atoms with E-state index in [2.05, 4.69) is 27.4 Å². The Kier molecular flexibility index (Phi) is 8.34. The number of hydrogen-bond donors (Lipinski definition) is 2. The third-order valence-corrected chi connectivity index (χ3v) is 6.57. The largest absolute Gasteiger partial charge is 0.511 e. The van der Waals surface area contributed by atoms with Crippen molar-refractivity contribution in [3.05, 3.63) is 0 Å². The van der Waals surface area contributed by atoms with Gasteiger partial charge in [-0.2, -0.15) is 17.5 Å². The molecule has 0 aromatic carbocycles. The summed E-state index contributed by atoms with van der Waals surface area (Å²) in [7, 11) is -3.62. The first-order valence-electron chi connectivity index (χ1n) is 9.47. The predicted octanol–water partition coefficient (Wildman–Crippen LogP) is 0.434. The molecule has 0 radical (unpaired) electrons. The molecule has 0 bridgehead atoms. The van der Waals surface area contributed by atoms with Crippen LogP contribution < -0.4 is 10.6 Å². The van der Waals surface area contributed by atoms with E-state index in [1.807, 2.05) is 0 Å². The standard InChI is InChI=1S/C16H30F3N5O3S/c1-13(12-23-7-9-27-10-8-23)11-21-15(20-2)22-14-3-5-24(6-4-14)28(25,26)16(17,18)19/h13-14H,3-12H2,1-2H3,(H2,20,21,22). The van der Waals surface area contributed by atoms with Gasteiger partial charge in [0.15, 0.2) is 5.96 Å². The third-order valence-electron chi connectivity index (χ3n) is 4.94. The Labute approximate surface area is 164 Å². The van der Waals surface area contributed by atoms with Crippen LogP contribution in [0.25, 0.3) is 0 Å². The van der Waals surface area contributed by atoms with Gasteiger partial charge in [-0.25, -0.2) is 8.42 Å². The summed E-state index contributed by atoms with van der Waals surface area (Å²) in [6.45, 7) is 6.83. The smallest absolute Gasteiger partial charge is 0.379 e. The topological polar surface area (TPSA) is 86.3 Å². The van der Waals surface area contributed by atoms with Crippen molar-refractivity contribution < 1.29 is 26.3 Å². The highest BCUT2D eigenvalue weighted by molar-refractivity contribution is 7.90. The Morgan fingerprint density at radius 1 is 1.21 bits per heavy atom. The summed E-state index contributed by atoms with van der Waals surface area (Å²) in [5.41, 5.74) is -5.25. The number of halogens is 3. The van der Waals surface area contributed by atoms with Gasteiger partial charge in [-0.3, -0.25) is 9.89 Å². The monoisotopic (exact) mass is 429 g/mol. The Bertz CT molecular complexity index is 616. The van der Waals surface area contributed by atoms with Crippen LogP contribution >= 0.6 is 0 Å². The lowest BCUT2D eigenvalue weighted by Crippen LogP contribution is -2.52. The van der Waals surface area contributed by atoms with Crippen molar-refractivity contribution in [3.8, 4) is 0 Å². The molecule has 28 heavy (non-hydrogen) atoms. The van der Waals surface area contributed by atoms with E-state index in [0.717, 1.165) is 32.8 Å². The molecule has 2 N–H and O–H groups in total. The summed E-state index contributed by atoms with van der Waals surface area (Å²) in [6, 6.07) is -0.125. The van der Waals surface area contributed by atoms with Crippen molar-refractivity contribution in [1.29, 1.82) is 0 Å². The van der Waals surface area contributed by atoms with Gasteiger partial charge in [0.05, 0.1) is 13.2 Å². The molecule has 1 atom stereocenters. The number of sulfonamides is 1. The fourth-order valence-corrected chi connectivity index (χ4v) is 4.32. The molecule has 0 amide bonds. The minimum atomic E-state index is -5.25. The lowest BCUT2D eigenvalue weighted by Gasteiger charge is -2.33. The Hall–Kier alpha value is -1.11. The number of piperidine rings is 1. The lowest BCUT2D eigenvalue weighted by molar-refractivity contribution is -0.0494. The first kappa shape index (κ1) is 23.2. The molecule has 164 valence electrons. The Morgan fingerprint density at radius 2 is 1.82 bits per heavy atom. The average Bonchev–Trinajstić information content (AvgIpc) is 2.65. The molecule has 2 saturated heterocycles. The highest BCUT2D eigenvalue weighted by Gasteiger charge is 2.50. The Balaban J connectivity index is 1.73. The molecule has 8 nitrogen and oxygen atoms in total. The van der Waals surface area contributed by atoms with Gasteiger partial charge in [0.2, 0.25) is 0 Å². The Morgan fingerprint density at radius 3 is 2.36 bits per heavy atom. The number of hydrogen-bond acceptors (Lipinski definition) is 5. The number of nitrogens with zero attached hydrogens (tertiary/aromatic N) is 3. The van der Waals surface area contributed by atoms with E-state index in [1.54, 1.807) is 7.05 Å². The van der Waals surface area contributed by atoms with E-state index < -0.39 is 15.5 Å². The summed E-state index contributed by atoms with van der Waals surface area (Å²) >= 11 is 0. The van der Waals surface area contributed by atoms with Crippen molar-refractivity contribution in [2.45, 2.75) is 31.3 Å². The van der Waals surface area contributed by atoms with Gasteiger partial charge in [-0.15, -0.1) is 0 Å². The first-order valence-corrected chi connectivity index (χ1v) is 10.9. The molecule has 2 aliphatic rings. The van der Waals surface area contributed by atoms with Crippen LogP contribution in [0.2, 0.25) is 0 Å². The lowest BCUT2D eigenvalue weighted by atomic mass is 10.1. The summed E-state index contributed by atoms with van der Waals surface area (Å²) < 4.78 is 66.7. The second-order valence-electron chi connectivity index (χ2n) is 7.24. The zero-order chi connectivity index (χ0) is 20.8. The molecule has 2 fully saturated rings. The molecule has 2 heterocycles. The summed E-state index contributed by atoms with van der Waals surface area (Å²) in [5.74, 6) is 0.960. The van der Waals surface area contributed by atoms with E-state index in [1.165, 1.54) is 0 Å². The van der Waals surface area contributed by atoms with Crippen LogP contribution in [0, 0.1) is 5.92 Å². The molecule has 0 aromatic heterocycles. The molecule has 0 aliphatic carbocycles. The van der Waals surface area contributed by atoms with Crippen LogP contribution in [-0.4, -0.2) is 94.7 Å². The summed E-state index contributed by atoms with van der Waals surface area (Å²) in [6.07, 6.45) is 0.582. The molecular formula is C16H30F3N5O3S. The van der Waals surface area contributed by atoms with Gasteiger partial charge in [-0.05, 0) is 18.8 Å². The minimum absolute atomic E-state index is 0.125. The summed E-state index contributed by atoms with van der Waals surface area (Å²) in [4.78, 5) is 6.51. The van der Waals surface area contributed by atoms with Crippen molar-refractivity contribution in [3.63, 3.8) is 0 Å². The highest BCUT2D eigenvalue weighted by Crippen LogP contribution is 2.28. The molecule has 12 heteroatoms. The number of alkyl halides is 3. The van der Waals surface area contributed by atoms with Crippen LogP contribution in [0.5, 0.6) is 0 Å². The zero-order valence-electron chi connectivity index (χ0n) is 16.3. The number of rotatable bonds is 6. The second-order valence-corrected chi connectivity index (χ2v) is 9.17. The van der Waals surface area contributed by atoms with E-state index in [9.17, 15) is 21.6 Å². The zero-order valence-corrected chi connectivity index (χ0v) is 17.2. The maximum absolute atomic E-state index is 12.6. The molecule has 2 aliphatic heterocycles. The van der Waals surface area contributed by atoms with Crippen LogP contribution in [-0.2, 0) is 14.8 Å². The molecule has 2 rings (SSSR count). The molecule has 0 spiro atoms. The second kappa shape index (κ2) is 10.1. The van der Waals surface area contributed by atoms with Gasteiger partial charge in [0.25, 0.3) is 0 Å². The van der Waals surface area contributed by atoms with E-state index in [4.69, 9.17) is 4.74 Å². The number of guanidine groups is 1. The van der Waals surface area contributed by atoms with E-state index in [-0.39, 0.29) is 19.1 Å². The molecular weight excluding hydrogens is 399 g/mol. The first-order chi connectivity index (χ1) is 13.1. The van der Waals surface area contributed by atoms with Gasteiger partial charge in [0, 0.05) is 52.4 Å². The van der Waals surface area contributed by atoms with Crippen molar-refractivity contribution in [2.24, 2.45) is 10.9 Å². The van der Waals surface area contributed by atoms with Gasteiger partial charge >= 0.3 is 15.5 Å². The van der Waals surface area contributed by atoms with Gasteiger partial charge in [0.1, 0.15) is 0 Å². The van der Waals surface area contributed by atoms with Crippen LogP contribution in [0.4, 0.5) is 13.2 Å². The molecule has 1 unspecified atom stereocenters. The summed E-state index contributed by atoms with van der Waals surface area (Å²) in [5, 5.41) is 6.42. The van der Waals surface area contributed by atoms with Crippen molar-refractivity contribution in [1.82, 2.24) is 19.8 Å². The van der Waals surface area contributed by atoms with Crippen LogP contribution in [0.3, 0.4) is 0 Å². The highest BCUT2D eigenvalue weighted by atomic mass is 32.2. The average molecular weight is 430 g/mol. The van der Waals surface area contributed by atoms with Crippen molar-refractivity contribution >= 4 is 16.0 Å². The van der Waals surface area contributed by atoms with E-state index >= 15 is 0 Å². The predicted molar refractivity (Wildman–Crippen MR) is 100 cm³/mol. The number of nitrogens with one attached hydrogen (secondary N) is 2. The number of aliphatic imine (C=N–C) groups is 1. The normalized spacial score (nSPS) is 22.8.